The molecule has 2 aromatic rings. The molecule has 3 aliphatic heterocycles. The summed E-state index contributed by atoms with van der Waals surface area (Å²) in [6, 6.07) is 9.56. The van der Waals surface area contributed by atoms with Gasteiger partial charge in [-0.05, 0) is 18.2 Å². The van der Waals surface area contributed by atoms with Crippen LogP contribution in [0.5, 0.6) is 28.7 Å². The fourth-order valence-corrected chi connectivity index (χ4v) is 3.02. The summed E-state index contributed by atoms with van der Waals surface area (Å²) in [5, 5.41) is 0. The number of hydrogen-bond acceptors (Lipinski definition) is 5. The lowest BCUT2D eigenvalue weighted by molar-refractivity contribution is 0.173. The van der Waals surface area contributed by atoms with Crippen LogP contribution in [0, 0.1) is 0 Å². The van der Waals surface area contributed by atoms with Crippen molar-refractivity contribution in [2.24, 2.45) is 0 Å². The highest BCUT2D eigenvalue weighted by Crippen LogP contribution is 2.53. The number of hydrogen-bond donors (Lipinski definition) is 0. The Morgan fingerprint density at radius 3 is 2.73 bits per heavy atom. The minimum absolute atomic E-state index is 0.174. The highest BCUT2D eigenvalue weighted by molar-refractivity contribution is 5.82. The molecule has 5 nitrogen and oxygen atoms in total. The van der Waals surface area contributed by atoms with Crippen LogP contribution >= 0.6 is 0 Å². The van der Waals surface area contributed by atoms with Crippen molar-refractivity contribution in [3.05, 3.63) is 47.7 Å². The molecule has 0 unspecified atom stereocenters. The van der Waals surface area contributed by atoms with Crippen LogP contribution < -0.4 is 23.7 Å². The first kappa shape index (κ1) is 11.8. The molecule has 0 aromatic heterocycles. The van der Waals surface area contributed by atoms with Gasteiger partial charge in [0, 0.05) is 28.8 Å². The van der Waals surface area contributed by atoms with Gasteiger partial charge in [0.25, 0.3) is 0 Å². The molecule has 0 bridgehead atoms. The van der Waals surface area contributed by atoms with E-state index in [0.29, 0.717) is 5.75 Å². The fraction of sp³-hybridized carbons (Fsp3) is 0.176. The van der Waals surface area contributed by atoms with Gasteiger partial charge in [0.15, 0.2) is 17.6 Å². The average molecular weight is 296 g/mol. The summed E-state index contributed by atoms with van der Waals surface area (Å²) >= 11 is 0. The molecule has 0 saturated heterocycles. The van der Waals surface area contributed by atoms with Gasteiger partial charge < -0.3 is 23.7 Å². The minimum atomic E-state index is -0.174. The van der Waals surface area contributed by atoms with E-state index >= 15 is 0 Å². The van der Waals surface area contributed by atoms with E-state index in [1.165, 1.54) is 0 Å². The van der Waals surface area contributed by atoms with Crippen LogP contribution in [-0.4, -0.2) is 13.9 Å². The lowest BCUT2D eigenvalue weighted by Gasteiger charge is -2.21. The van der Waals surface area contributed by atoms with Crippen molar-refractivity contribution in [3.8, 4) is 28.7 Å². The first-order valence-electron chi connectivity index (χ1n) is 6.99. The third-order valence-electron chi connectivity index (χ3n) is 4.13. The van der Waals surface area contributed by atoms with Crippen LogP contribution in [0.2, 0.25) is 0 Å². The Morgan fingerprint density at radius 2 is 1.86 bits per heavy atom. The van der Waals surface area contributed by atoms with E-state index in [4.69, 9.17) is 23.7 Å². The third kappa shape index (κ3) is 1.48. The maximum Gasteiger partial charge on any atom is 0.231 e. The van der Waals surface area contributed by atoms with E-state index in [0.717, 1.165) is 39.7 Å². The molecule has 0 N–H and O–H groups in total. The second kappa shape index (κ2) is 4.10. The van der Waals surface area contributed by atoms with Crippen LogP contribution in [0.25, 0.3) is 5.57 Å². The summed E-state index contributed by atoms with van der Waals surface area (Å²) in [6.45, 7) is 0.250. The van der Waals surface area contributed by atoms with Crippen LogP contribution in [0.15, 0.2) is 36.6 Å². The Morgan fingerprint density at radius 1 is 1.00 bits per heavy atom. The van der Waals surface area contributed by atoms with E-state index in [1.54, 1.807) is 13.4 Å². The molecule has 1 atom stereocenters. The second-order valence-electron chi connectivity index (χ2n) is 5.29. The summed E-state index contributed by atoms with van der Waals surface area (Å²) in [7, 11) is 1.63. The van der Waals surface area contributed by atoms with E-state index in [2.05, 4.69) is 0 Å². The highest BCUT2D eigenvalue weighted by atomic mass is 16.7. The number of benzene rings is 2. The zero-order chi connectivity index (χ0) is 14.7. The Labute approximate surface area is 126 Å². The number of rotatable bonds is 1. The average Bonchev–Trinajstić information content (AvgIpc) is 3.15. The molecule has 110 valence electrons. The largest absolute Gasteiger partial charge is 0.497 e. The molecule has 0 amide bonds. The van der Waals surface area contributed by atoms with Crippen molar-refractivity contribution >= 4 is 5.57 Å². The highest BCUT2D eigenvalue weighted by Gasteiger charge is 2.37. The van der Waals surface area contributed by atoms with Crippen molar-refractivity contribution in [2.75, 3.05) is 13.9 Å². The van der Waals surface area contributed by atoms with E-state index in [9.17, 15) is 0 Å². The first-order chi connectivity index (χ1) is 10.8. The molecule has 0 fully saturated rings. The number of fused-ring (bicyclic) bond motifs is 6. The number of ether oxygens (including phenoxy) is 5. The monoisotopic (exact) mass is 296 g/mol. The van der Waals surface area contributed by atoms with Gasteiger partial charge in [-0.1, -0.05) is 0 Å². The summed E-state index contributed by atoms with van der Waals surface area (Å²) in [5.74, 6) is 3.75. The summed E-state index contributed by atoms with van der Waals surface area (Å²) in [6.07, 6.45) is 1.56. The zero-order valence-electron chi connectivity index (χ0n) is 11.8. The third-order valence-corrected chi connectivity index (χ3v) is 4.13. The van der Waals surface area contributed by atoms with Gasteiger partial charge in [0.1, 0.15) is 17.2 Å². The molecular weight excluding hydrogens is 284 g/mol. The maximum absolute atomic E-state index is 6.11. The second-order valence-corrected chi connectivity index (χ2v) is 5.29. The molecule has 5 heteroatoms. The summed E-state index contributed by atoms with van der Waals surface area (Å²) in [4.78, 5) is 0. The lowest BCUT2D eigenvalue weighted by Crippen LogP contribution is -2.09. The SMILES string of the molecule is COc1ccc2c(c1)OC=C1c3cc4c(cc3O[C@H]12)OCO4. The van der Waals surface area contributed by atoms with E-state index in [-0.39, 0.29) is 12.9 Å². The van der Waals surface area contributed by atoms with Gasteiger partial charge in [0.2, 0.25) is 6.79 Å². The molecule has 2 aromatic carbocycles. The molecule has 0 spiro atoms. The van der Waals surface area contributed by atoms with Gasteiger partial charge in [-0.15, -0.1) is 0 Å². The molecule has 22 heavy (non-hydrogen) atoms. The smallest absolute Gasteiger partial charge is 0.231 e. The van der Waals surface area contributed by atoms with Crippen LogP contribution in [0.1, 0.15) is 17.2 Å². The molecule has 0 saturated carbocycles. The molecule has 3 aliphatic rings. The first-order valence-corrected chi connectivity index (χ1v) is 6.99. The van der Waals surface area contributed by atoms with Crippen molar-refractivity contribution in [2.45, 2.75) is 6.10 Å². The van der Waals surface area contributed by atoms with Crippen LogP contribution in [-0.2, 0) is 0 Å². The minimum Gasteiger partial charge on any atom is -0.497 e. The molecule has 3 heterocycles. The standard InChI is InChI=1S/C17H12O5/c1-18-9-2-3-10-13(4-9)19-7-12-11-5-15-16(21-8-20-15)6-14(11)22-17(10)12/h2-7,17H,8H2,1H3/t17-/m0/s1. The van der Waals surface area contributed by atoms with Gasteiger partial charge in [-0.2, -0.15) is 0 Å². The van der Waals surface area contributed by atoms with Gasteiger partial charge >= 0.3 is 0 Å². The molecule has 5 rings (SSSR count). The Hall–Kier alpha value is -2.82. The Bertz CT molecular complexity index is 824. The molecule has 0 aliphatic carbocycles. The maximum atomic E-state index is 6.11. The fourth-order valence-electron chi connectivity index (χ4n) is 3.02. The predicted molar refractivity (Wildman–Crippen MR) is 77.5 cm³/mol. The van der Waals surface area contributed by atoms with E-state index < -0.39 is 0 Å². The van der Waals surface area contributed by atoms with Crippen molar-refractivity contribution in [3.63, 3.8) is 0 Å². The summed E-state index contributed by atoms with van der Waals surface area (Å²) in [5.41, 5.74) is 2.96. The Balaban J connectivity index is 1.61. The summed E-state index contributed by atoms with van der Waals surface area (Å²) < 4.78 is 28.0. The lowest BCUT2D eigenvalue weighted by atomic mass is 9.96. The molecular formula is C17H12O5. The normalized spacial score (nSPS) is 19.3. The van der Waals surface area contributed by atoms with Gasteiger partial charge in [0.05, 0.1) is 13.4 Å². The number of methoxy groups -OCH3 is 1. The van der Waals surface area contributed by atoms with Crippen molar-refractivity contribution in [1.82, 2.24) is 0 Å². The topological polar surface area (TPSA) is 46.2 Å². The quantitative estimate of drug-likeness (QED) is 0.808. The van der Waals surface area contributed by atoms with Crippen molar-refractivity contribution in [1.29, 1.82) is 0 Å². The van der Waals surface area contributed by atoms with Gasteiger partial charge in [-0.25, -0.2) is 0 Å². The van der Waals surface area contributed by atoms with Crippen LogP contribution in [0.3, 0.4) is 0 Å². The van der Waals surface area contributed by atoms with Crippen LogP contribution in [0.4, 0.5) is 0 Å². The molecule has 0 radical (unpaired) electrons. The van der Waals surface area contributed by atoms with E-state index in [1.807, 2.05) is 30.3 Å². The van der Waals surface area contributed by atoms with Gasteiger partial charge in [-0.3, -0.25) is 0 Å². The predicted octanol–water partition coefficient (Wildman–Crippen LogP) is 3.29. The van der Waals surface area contributed by atoms with Crippen molar-refractivity contribution < 1.29 is 23.7 Å². The zero-order valence-corrected chi connectivity index (χ0v) is 11.8. The Kier molecular flexibility index (Phi) is 2.20.